The maximum Gasteiger partial charge on any atom is 0.123 e. The van der Waals surface area contributed by atoms with Gasteiger partial charge in [0.1, 0.15) is 19.0 Å². The molecule has 15 heavy (non-hydrogen) atoms. The normalized spacial score (nSPS) is 19.7. The van der Waals surface area contributed by atoms with Crippen LogP contribution >= 0.6 is 0 Å². The lowest BCUT2D eigenvalue weighted by Crippen LogP contribution is -2.09. The molecule has 0 spiro atoms. The number of aliphatic hydroxyl groups is 1. The maximum atomic E-state index is 11.9. The molecule has 3 heteroatoms. The lowest BCUT2D eigenvalue weighted by molar-refractivity contribution is 0.156. The molecule has 82 valence electrons. The van der Waals surface area contributed by atoms with Gasteiger partial charge in [0.15, 0.2) is 0 Å². The van der Waals surface area contributed by atoms with Crippen molar-refractivity contribution in [3.63, 3.8) is 0 Å². The number of aliphatic hydroxyl groups excluding tert-OH is 1. The standard InChI is InChI=1S/C12H15FO2/c13-6-7-15-10-5-4-9-2-1-3-12(14)11(9)8-10/h4-5,8,12,14H,1-3,6-7H2/t12-/m0/s1. The van der Waals surface area contributed by atoms with Crippen LogP contribution in [0.5, 0.6) is 5.75 Å². The van der Waals surface area contributed by atoms with Gasteiger partial charge in [-0.15, -0.1) is 0 Å². The van der Waals surface area contributed by atoms with Crippen LogP contribution in [0.25, 0.3) is 0 Å². The van der Waals surface area contributed by atoms with Gasteiger partial charge < -0.3 is 9.84 Å². The Morgan fingerprint density at radius 3 is 3.13 bits per heavy atom. The van der Waals surface area contributed by atoms with E-state index in [1.165, 1.54) is 5.56 Å². The second-order valence-corrected chi connectivity index (χ2v) is 3.81. The van der Waals surface area contributed by atoms with Crippen LogP contribution in [0.2, 0.25) is 0 Å². The molecule has 0 fully saturated rings. The second-order valence-electron chi connectivity index (χ2n) is 3.81. The molecule has 1 aromatic carbocycles. The predicted octanol–water partition coefficient (Wildman–Crippen LogP) is 2.40. The minimum atomic E-state index is -0.486. The summed E-state index contributed by atoms with van der Waals surface area (Å²) in [6, 6.07) is 5.63. The summed E-state index contributed by atoms with van der Waals surface area (Å²) in [5.74, 6) is 0.646. The van der Waals surface area contributed by atoms with Crippen LogP contribution in [-0.4, -0.2) is 18.4 Å². The summed E-state index contributed by atoms with van der Waals surface area (Å²) in [6.45, 7) is -0.408. The van der Waals surface area contributed by atoms with Crippen LogP contribution in [-0.2, 0) is 6.42 Å². The molecule has 0 bridgehead atoms. The third-order valence-corrected chi connectivity index (χ3v) is 2.75. The van der Waals surface area contributed by atoms with E-state index in [-0.39, 0.29) is 12.7 Å². The number of alkyl halides is 1. The molecule has 2 rings (SSSR count). The highest BCUT2D eigenvalue weighted by molar-refractivity contribution is 5.38. The minimum Gasteiger partial charge on any atom is -0.491 e. The molecule has 0 heterocycles. The van der Waals surface area contributed by atoms with Crippen LogP contribution in [0.3, 0.4) is 0 Å². The topological polar surface area (TPSA) is 29.5 Å². The number of halogens is 1. The molecule has 1 N–H and O–H groups in total. The molecule has 1 atom stereocenters. The van der Waals surface area contributed by atoms with E-state index in [1.807, 2.05) is 18.2 Å². The first-order valence-electron chi connectivity index (χ1n) is 5.31. The Hall–Kier alpha value is -1.09. The summed E-state index contributed by atoms with van der Waals surface area (Å²) in [5, 5.41) is 9.78. The summed E-state index contributed by atoms with van der Waals surface area (Å²) in [6.07, 6.45) is 2.46. The van der Waals surface area contributed by atoms with E-state index in [1.54, 1.807) is 0 Å². The van der Waals surface area contributed by atoms with Gasteiger partial charge in [-0.2, -0.15) is 0 Å². The van der Waals surface area contributed by atoms with Crippen LogP contribution in [0.15, 0.2) is 18.2 Å². The number of rotatable bonds is 3. The van der Waals surface area contributed by atoms with E-state index in [4.69, 9.17) is 4.74 Å². The lowest BCUT2D eigenvalue weighted by atomic mass is 9.89. The highest BCUT2D eigenvalue weighted by Crippen LogP contribution is 2.32. The van der Waals surface area contributed by atoms with Gasteiger partial charge in [0, 0.05) is 0 Å². The fourth-order valence-electron chi connectivity index (χ4n) is 2.00. The van der Waals surface area contributed by atoms with Crippen molar-refractivity contribution in [2.24, 2.45) is 0 Å². The number of fused-ring (bicyclic) bond motifs is 1. The molecular formula is C12H15FO2. The Kier molecular flexibility index (Phi) is 3.21. The molecule has 1 aromatic rings. The van der Waals surface area contributed by atoms with Crippen molar-refractivity contribution in [1.82, 2.24) is 0 Å². The van der Waals surface area contributed by atoms with E-state index < -0.39 is 6.67 Å². The highest BCUT2D eigenvalue weighted by Gasteiger charge is 2.18. The van der Waals surface area contributed by atoms with Gasteiger partial charge >= 0.3 is 0 Å². The molecule has 0 saturated carbocycles. The molecule has 0 amide bonds. The average Bonchev–Trinajstić information content (AvgIpc) is 2.27. The maximum absolute atomic E-state index is 11.9. The van der Waals surface area contributed by atoms with Crippen LogP contribution in [0, 0.1) is 0 Å². The summed E-state index contributed by atoms with van der Waals surface area (Å²) in [4.78, 5) is 0. The largest absolute Gasteiger partial charge is 0.491 e. The van der Waals surface area contributed by atoms with E-state index in [2.05, 4.69) is 0 Å². The molecule has 0 aromatic heterocycles. The van der Waals surface area contributed by atoms with Crippen molar-refractivity contribution >= 4 is 0 Å². The second kappa shape index (κ2) is 4.62. The van der Waals surface area contributed by atoms with Crippen LogP contribution < -0.4 is 4.74 Å². The number of hydrogen-bond donors (Lipinski definition) is 1. The van der Waals surface area contributed by atoms with Crippen molar-refractivity contribution in [1.29, 1.82) is 0 Å². The molecule has 1 aliphatic carbocycles. The summed E-state index contributed by atoms with van der Waals surface area (Å²) in [5.41, 5.74) is 2.12. The Morgan fingerprint density at radius 1 is 1.47 bits per heavy atom. The van der Waals surface area contributed by atoms with Gasteiger partial charge in [-0.3, -0.25) is 0 Å². The number of benzene rings is 1. The van der Waals surface area contributed by atoms with Crippen molar-refractivity contribution in [2.75, 3.05) is 13.3 Å². The number of hydrogen-bond acceptors (Lipinski definition) is 2. The average molecular weight is 210 g/mol. The molecule has 2 nitrogen and oxygen atoms in total. The zero-order valence-electron chi connectivity index (χ0n) is 8.58. The van der Waals surface area contributed by atoms with E-state index in [0.717, 1.165) is 24.8 Å². The molecule has 0 unspecified atom stereocenters. The quantitative estimate of drug-likeness (QED) is 0.830. The Bertz CT molecular complexity index is 338. The van der Waals surface area contributed by atoms with E-state index >= 15 is 0 Å². The van der Waals surface area contributed by atoms with Crippen LogP contribution in [0.4, 0.5) is 4.39 Å². The summed E-state index contributed by atoms with van der Waals surface area (Å²) >= 11 is 0. The Labute approximate surface area is 88.7 Å². The van der Waals surface area contributed by atoms with Crippen molar-refractivity contribution in [3.05, 3.63) is 29.3 Å². The predicted molar refractivity (Wildman–Crippen MR) is 55.8 cm³/mol. The van der Waals surface area contributed by atoms with Crippen LogP contribution in [0.1, 0.15) is 30.1 Å². The minimum absolute atomic E-state index is 0.0783. The van der Waals surface area contributed by atoms with Gasteiger partial charge in [-0.05, 0) is 42.5 Å². The number of ether oxygens (including phenoxy) is 1. The molecule has 0 saturated heterocycles. The zero-order chi connectivity index (χ0) is 10.7. The monoisotopic (exact) mass is 210 g/mol. The van der Waals surface area contributed by atoms with Crippen molar-refractivity contribution < 1.29 is 14.2 Å². The first-order valence-corrected chi connectivity index (χ1v) is 5.31. The highest BCUT2D eigenvalue weighted by atomic mass is 19.1. The fraction of sp³-hybridized carbons (Fsp3) is 0.500. The molecule has 0 aliphatic heterocycles. The zero-order valence-corrected chi connectivity index (χ0v) is 8.58. The lowest BCUT2D eigenvalue weighted by Gasteiger charge is -2.21. The van der Waals surface area contributed by atoms with Gasteiger partial charge in [-0.1, -0.05) is 6.07 Å². The van der Waals surface area contributed by atoms with Gasteiger partial charge in [-0.25, -0.2) is 4.39 Å². The van der Waals surface area contributed by atoms with Gasteiger partial charge in [0.2, 0.25) is 0 Å². The van der Waals surface area contributed by atoms with Crippen molar-refractivity contribution in [3.8, 4) is 5.75 Å². The third-order valence-electron chi connectivity index (χ3n) is 2.75. The van der Waals surface area contributed by atoms with Crippen molar-refractivity contribution in [2.45, 2.75) is 25.4 Å². The smallest absolute Gasteiger partial charge is 0.123 e. The molecule has 0 radical (unpaired) electrons. The summed E-state index contributed by atoms with van der Waals surface area (Å²) < 4.78 is 17.1. The number of aryl methyl sites for hydroxylation is 1. The molecule has 1 aliphatic rings. The van der Waals surface area contributed by atoms with E-state index in [9.17, 15) is 9.50 Å². The first kappa shape index (κ1) is 10.4. The third kappa shape index (κ3) is 2.29. The SMILES string of the molecule is O[C@H]1CCCc2ccc(OCCF)cc21. The summed E-state index contributed by atoms with van der Waals surface area (Å²) in [7, 11) is 0. The first-order chi connectivity index (χ1) is 7.31. The Balaban J connectivity index is 2.19. The van der Waals surface area contributed by atoms with Gasteiger partial charge in [0.25, 0.3) is 0 Å². The Morgan fingerprint density at radius 2 is 2.33 bits per heavy atom. The van der Waals surface area contributed by atoms with Gasteiger partial charge in [0.05, 0.1) is 6.10 Å². The fourth-order valence-corrected chi connectivity index (χ4v) is 2.00. The molecular weight excluding hydrogens is 195 g/mol. The van der Waals surface area contributed by atoms with E-state index in [0.29, 0.717) is 5.75 Å².